The first-order valence-corrected chi connectivity index (χ1v) is 7.25. The smallest absolute Gasteiger partial charge is 0.122 e. The number of rotatable bonds is 3. The molecule has 0 aromatic heterocycles. The van der Waals surface area contributed by atoms with Crippen molar-refractivity contribution in [1.82, 2.24) is 5.32 Å². The van der Waals surface area contributed by atoms with E-state index in [1.807, 2.05) is 0 Å². The van der Waals surface area contributed by atoms with Gasteiger partial charge in [-0.1, -0.05) is 31.4 Å². The highest BCUT2D eigenvalue weighted by molar-refractivity contribution is 5.39. The average molecular weight is 245 g/mol. The Morgan fingerprint density at radius 2 is 2.06 bits per heavy atom. The predicted molar refractivity (Wildman–Crippen MR) is 74.0 cm³/mol. The zero-order chi connectivity index (χ0) is 12.4. The number of benzene rings is 1. The van der Waals surface area contributed by atoms with Gasteiger partial charge in [0.15, 0.2) is 0 Å². The van der Waals surface area contributed by atoms with Crippen LogP contribution < -0.4 is 10.1 Å². The highest BCUT2D eigenvalue weighted by Gasteiger charge is 2.25. The molecule has 2 heteroatoms. The lowest BCUT2D eigenvalue weighted by Crippen LogP contribution is -2.43. The van der Waals surface area contributed by atoms with E-state index in [1.54, 1.807) is 0 Å². The molecule has 0 atom stereocenters. The molecule has 1 aliphatic heterocycles. The summed E-state index contributed by atoms with van der Waals surface area (Å²) in [4.78, 5) is 0. The molecule has 1 aromatic rings. The van der Waals surface area contributed by atoms with Crippen LogP contribution in [0, 0.1) is 0 Å². The first-order valence-electron chi connectivity index (χ1n) is 7.25. The summed E-state index contributed by atoms with van der Waals surface area (Å²) in [6.45, 7) is 4.22. The van der Waals surface area contributed by atoms with Crippen molar-refractivity contribution in [2.75, 3.05) is 6.61 Å². The fraction of sp³-hybridized carbons (Fsp3) is 0.625. The molecule has 2 nitrogen and oxygen atoms in total. The van der Waals surface area contributed by atoms with Gasteiger partial charge >= 0.3 is 0 Å². The standard InChI is InChI=1S/C16H23NO/c1-16(8-3-2-4-9-16)17-12-13-5-6-15-14(11-13)7-10-18-15/h5-6,11,17H,2-4,7-10,12H2,1H3. The summed E-state index contributed by atoms with van der Waals surface area (Å²) in [7, 11) is 0. The lowest BCUT2D eigenvalue weighted by atomic mass is 9.83. The molecule has 0 spiro atoms. The van der Waals surface area contributed by atoms with Crippen LogP contribution in [-0.2, 0) is 13.0 Å². The Kier molecular flexibility index (Phi) is 3.29. The normalized spacial score (nSPS) is 21.4. The largest absolute Gasteiger partial charge is 0.493 e. The van der Waals surface area contributed by atoms with Crippen LogP contribution in [0.1, 0.15) is 50.2 Å². The first kappa shape index (κ1) is 12.0. The highest BCUT2D eigenvalue weighted by Crippen LogP contribution is 2.29. The maximum absolute atomic E-state index is 5.55. The zero-order valence-corrected chi connectivity index (χ0v) is 11.3. The first-order chi connectivity index (χ1) is 8.75. The minimum atomic E-state index is 0.355. The molecule has 0 amide bonds. The van der Waals surface area contributed by atoms with Crippen molar-refractivity contribution in [3.63, 3.8) is 0 Å². The molecule has 18 heavy (non-hydrogen) atoms. The van der Waals surface area contributed by atoms with E-state index >= 15 is 0 Å². The summed E-state index contributed by atoms with van der Waals surface area (Å²) < 4.78 is 5.55. The quantitative estimate of drug-likeness (QED) is 0.881. The summed E-state index contributed by atoms with van der Waals surface area (Å²) in [5, 5.41) is 3.76. The van der Waals surface area contributed by atoms with Gasteiger partial charge in [0, 0.05) is 18.5 Å². The molecule has 0 bridgehead atoms. The Hall–Kier alpha value is -1.02. The van der Waals surface area contributed by atoms with Gasteiger partial charge in [-0.3, -0.25) is 0 Å². The Labute approximate surface area is 110 Å². The average Bonchev–Trinajstić information content (AvgIpc) is 2.85. The molecule has 0 radical (unpaired) electrons. The summed E-state index contributed by atoms with van der Waals surface area (Å²) >= 11 is 0. The molecule has 1 heterocycles. The van der Waals surface area contributed by atoms with Crippen LogP contribution in [0.25, 0.3) is 0 Å². The predicted octanol–water partition coefficient (Wildman–Crippen LogP) is 3.43. The Morgan fingerprint density at radius 1 is 1.22 bits per heavy atom. The van der Waals surface area contributed by atoms with E-state index in [9.17, 15) is 0 Å². The van der Waals surface area contributed by atoms with Gasteiger partial charge in [0.1, 0.15) is 5.75 Å². The summed E-state index contributed by atoms with van der Waals surface area (Å²) in [5.41, 5.74) is 3.13. The van der Waals surface area contributed by atoms with E-state index in [2.05, 4.69) is 30.4 Å². The molecule has 3 rings (SSSR count). The molecule has 1 aromatic carbocycles. The van der Waals surface area contributed by atoms with Crippen LogP contribution in [0.5, 0.6) is 5.75 Å². The van der Waals surface area contributed by atoms with Gasteiger partial charge in [0.25, 0.3) is 0 Å². The Bertz CT molecular complexity index is 421. The number of fused-ring (bicyclic) bond motifs is 1. The van der Waals surface area contributed by atoms with Crippen LogP contribution in [0.4, 0.5) is 0 Å². The van der Waals surface area contributed by atoms with Crippen molar-refractivity contribution in [3.8, 4) is 5.75 Å². The number of hydrogen-bond acceptors (Lipinski definition) is 2. The molecule has 98 valence electrons. The third-order valence-corrected chi connectivity index (χ3v) is 4.43. The summed E-state index contributed by atoms with van der Waals surface area (Å²) in [6.07, 6.45) is 7.87. The molecular weight excluding hydrogens is 222 g/mol. The van der Waals surface area contributed by atoms with Crippen LogP contribution in [-0.4, -0.2) is 12.1 Å². The summed E-state index contributed by atoms with van der Waals surface area (Å²) in [5.74, 6) is 1.09. The minimum absolute atomic E-state index is 0.355. The van der Waals surface area contributed by atoms with Crippen molar-refractivity contribution in [2.24, 2.45) is 0 Å². The molecule has 0 saturated heterocycles. The second kappa shape index (κ2) is 4.93. The van der Waals surface area contributed by atoms with Crippen molar-refractivity contribution in [1.29, 1.82) is 0 Å². The van der Waals surface area contributed by atoms with Crippen molar-refractivity contribution < 1.29 is 4.74 Å². The monoisotopic (exact) mass is 245 g/mol. The van der Waals surface area contributed by atoms with Crippen LogP contribution in [0.3, 0.4) is 0 Å². The third kappa shape index (κ3) is 2.54. The van der Waals surface area contributed by atoms with Crippen LogP contribution in [0.2, 0.25) is 0 Å². The second-order valence-corrected chi connectivity index (χ2v) is 6.02. The SMILES string of the molecule is CC1(NCc2ccc3c(c2)CCO3)CCCCC1. The summed E-state index contributed by atoms with van der Waals surface area (Å²) in [6, 6.07) is 6.63. The number of nitrogens with one attached hydrogen (secondary N) is 1. The second-order valence-electron chi connectivity index (χ2n) is 6.02. The van der Waals surface area contributed by atoms with Gasteiger partial charge in [-0.2, -0.15) is 0 Å². The fourth-order valence-electron chi connectivity index (χ4n) is 3.17. The Morgan fingerprint density at radius 3 is 2.89 bits per heavy atom. The van der Waals surface area contributed by atoms with E-state index in [4.69, 9.17) is 4.74 Å². The molecular formula is C16H23NO. The molecule has 1 aliphatic carbocycles. The number of hydrogen-bond donors (Lipinski definition) is 1. The fourth-order valence-corrected chi connectivity index (χ4v) is 3.17. The highest BCUT2D eigenvalue weighted by atomic mass is 16.5. The van der Waals surface area contributed by atoms with Gasteiger partial charge in [0.2, 0.25) is 0 Å². The topological polar surface area (TPSA) is 21.3 Å². The van der Waals surface area contributed by atoms with Gasteiger partial charge in [0.05, 0.1) is 6.61 Å². The van der Waals surface area contributed by atoms with Crippen molar-refractivity contribution >= 4 is 0 Å². The maximum atomic E-state index is 5.55. The molecule has 0 unspecified atom stereocenters. The van der Waals surface area contributed by atoms with Crippen molar-refractivity contribution in [3.05, 3.63) is 29.3 Å². The van der Waals surface area contributed by atoms with Gasteiger partial charge in [-0.25, -0.2) is 0 Å². The molecule has 2 aliphatic rings. The van der Waals surface area contributed by atoms with E-state index in [-0.39, 0.29) is 0 Å². The van der Waals surface area contributed by atoms with Gasteiger partial charge in [-0.15, -0.1) is 0 Å². The molecule has 1 saturated carbocycles. The lowest BCUT2D eigenvalue weighted by molar-refractivity contribution is 0.252. The van der Waals surface area contributed by atoms with Crippen LogP contribution >= 0.6 is 0 Å². The van der Waals surface area contributed by atoms with E-state index in [0.29, 0.717) is 5.54 Å². The van der Waals surface area contributed by atoms with E-state index < -0.39 is 0 Å². The Balaban J connectivity index is 1.62. The maximum Gasteiger partial charge on any atom is 0.122 e. The lowest BCUT2D eigenvalue weighted by Gasteiger charge is -2.35. The number of ether oxygens (including phenoxy) is 1. The molecule has 1 N–H and O–H groups in total. The minimum Gasteiger partial charge on any atom is -0.493 e. The van der Waals surface area contributed by atoms with E-state index in [1.165, 1.54) is 43.2 Å². The zero-order valence-electron chi connectivity index (χ0n) is 11.3. The van der Waals surface area contributed by atoms with Gasteiger partial charge in [-0.05, 0) is 37.0 Å². The third-order valence-electron chi connectivity index (χ3n) is 4.43. The molecule has 1 fully saturated rings. The van der Waals surface area contributed by atoms with Crippen LogP contribution in [0.15, 0.2) is 18.2 Å². The van der Waals surface area contributed by atoms with Gasteiger partial charge < -0.3 is 10.1 Å². The van der Waals surface area contributed by atoms with E-state index in [0.717, 1.165) is 25.3 Å². The van der Waals surface area contributed by atoms with Crippen molar-refractivity contribution in [2.45, 2.75) is 57.5 Å².